The Kier molecular flexibility index (Phi) is 19.7. The van der Waals surface area contributed by atoms with E-state index in [1.807, 2.05) is 48.6 Å². The van der Waals surface area contributed by atoms with Gasteiger partial charge in [-0.25, -0.2) is 36.0 Å². The summed E-state index contributed by atoms with van der Waals surface area (Å²) in [5.74, 6) is 0. The molecule has 2 aliphatic carbocycles. The second-order valence-corrected chi connectivity index (χ2v) is 8.57. The van der Waals surface area contributed by atoms with E-state index in [2.05, 4.69) is 99.5 Å². The molecule has 0 unspecified atom stereocenters. The first kappa shape index (κ1) is 32.4. The number of rotatable bonds is 11. The average molecular weight is 521 g/mol. The molecule has 188 valence electrons. The van der Waals surface area contributed by atoms with Gasteiger partial charge in [-0.2, -0.15) is 48.3 Å². The summed E-state index contributed by atoms with van der Waals surface area (Å²) in [6.45, 7) is 4.51. The Labute approximate surface area is 242 Å². The minimum absolute atomic E-state index is 0. The Hall–Kier alpha value is -2.67. The molecule has 37 heavy (non-hydrogen) atoms. The molecule has 0 saturated heterocycles. The van der Waals surface area contributed by atoms with Gasteiger partial charge >= 0.3 is 21.7 Å². The first-order valence-corrected chi connectivity index (χ1v) is 13.3. The summed E-state index contributed by atoms with van der Waals surface area (Å²) in [6.07, 6.45) is 37.9. The van der Waals surface area contributed by atoms with E-state index < -0.39 is 0 Å². The van der Waals surface area contributed by atoms with Crippen molar-refractivity contribution < 1.29 is 21.7 Å². The van der Waals surface area contributed by atoms with Crippen molar-refractivity contribution in [3.05, 3.63) is 151 Å². The zero-order chi connectivity index (χ0) is 25.5. The van der Waals surface area contributed by atoms with E-state index >= 15 is 0 Å². The van der Waals surface area contributed by atoms with Gasteiger partial charge in [0.25, 0.3) is 0 Å². The van der Waals surface area contributed by atoms with E-state index in [-0.39, 0.29) is 21.7 Å². The van der Waals surface area contributed by atoms with E-state index in [9.17, 15) is 0 Å². The van der Waals surface area contributed by atoms with Gasteiger partial charge in [0, 0.05) is 0 Å². The molecule has 0 saturated carbocycles. The molecule has 0 N–H and O–H groups in total. The largest absolute Gasteiger partial charge is 4.00 e. The molecule has 2 aliphatic rings. The molecule has 4 rings (SSSR count). The molecule has 0 aliphatic heterocycles. The molecule has 0 fully saturated rings. The Balaban J connectivity index is 0.000000512. The minimum Gasteiger partial charge on any atom is -0.261 e. The van der Waals surface area contributed by atoms with E-state index in [1.165, 1.54) is 55.2 Å². The molecule has 2 aromatic carbocycles. The summed E-state index contributed by atoms with van der Waals surface area (Å²) in [5, 5.41) is 0. The van der Waals surface area contributed by atoms with Crippen molar-refractivity contribution in [2.45, 2.75) is 65.2 Å². The van der Waals surface area contributed by atoms with Crippen molar-refractivity contribution in [2.24, 2.45) is 0 Å². The molecule has 0 atom stereocenters. The fraction of sp³-hybridized carbons (Fsp3) is 0.278. The van der Waals surface area contributed by atoms with Crippen molar-refractivity contribution in [3.8, 4) is 0 Å². The van der Waals surface area contributed by atoms with Crippen LogP contribution in [0, 0.1) is 25.0 Å². The maximum Gasteiger partial charge on any atom is 4.00 e. The molecule has 1 heteroatoms. The molecule has 0 aromatic heterocycles. The van der Waals surface area contributed by atoms with Gasteiger partial charge in [0.15, 0.2) is 0 Å². The van der Waals surface area contributed by atoms with Gasteiger partial charge in [0.2, 0.25) is 0 Å². The summed E-state index contributed by atoms with van der Waals surface area (Å²) in [6, 6.07) is 21.2. The molecule has 2 aromatic rings. The van der Waals surface area contributed by atoms with Crippen LogP contribution in [-0.2, 0) is 21.7 Å². The summed E-state index contributed by atoms with van der Waals surface area (Å²) >= 11 is 0. The first-order chi connectivity index (χ1) is 17.8. The molecule has 0 amide bonds. The van der Waals surface area contributed by atoms with Gasteiger partial charge in [0.1, 0.15) is 0 Å². The number of unbranched alkanes of at least 4 members (excludes halogenated alkanes) is 5. The third-order valence-corrected chi connectivity index (χ3v) is 5.54. The van der Waals surface area contributed by atoms with Crippen LogP contribution < -0.4 is 0 Å². The third-order valence-electron chi connectivity index (χ3n) is 5.54. The van der Waals surface area contributed by atoms with Gasteiger partial charge < -0.3 is 0 Å². The van der Waals surface area contributed by atoms with Crippen LogP contribution in [0.25, 0.3) is 5.57 Å². The van der Waals surface area contributed by atoms with Crippen LogP contribution in [0.5, 0.6) is 0 Å². The third kappa shape index (κ3) is 15.2. The fourth-order valence-corrected chi connectivity index (χ4v) is 3.63. The molecular weight excluding hydrogens is 480 g/mol. The molecule has 0 heterocycles. The zero-order valence-electron chi connectivity index (χ0n) is 22.5. The maximum atomic E-state index is 3.74. The van der Waals surface area contributed by atoms with Gasteiger partial charge in [-0.15, -0.1) is 36.4 Å². The van der Waals surface area contributed by atoms with E-state index in [1.54, 1.807) is 0 Å². The van der Waals surface area contributed by atoms with Crippen molar-refractivity contribution in [1.29, 1.82) is 0 Å². The number of allylic oxidation sites excluding steroid dienone is 11. The van der Waals surface area contributed by atoms with Crippen LogP contribution in [0.4, 0.5) is 0 Å². The van der Waals surface area contributed by atoms with Crippen molar-refractivity contribution >= 4 is 5.57 Å². The second kappa shape index (κ2) is 22.5. The van der Waals surface area contributed by atoms with E-state index in [4.69, 9.17) is 0 Å². The smallest absolute Gasteiger partial charge is 0.261 e. The summed E-state index contributed by atoms with van der Waals surface area (Å²) in [5.41, 5.74) is 4.97. The molecule has 2 radical (unpaired) electrons. The van der Waals surface area contributed by atoms with Gasteiger partial charge in [-0.05, 0) is 0 Å². The first-order valence-electron chi connectivity index (χ1n) is 13.3. The topological polar surface area (TPSA) is 0 Å². The second-order valence-electron chi connectivity index (χ2n) is 8.57. The SMILES string of the molecule is CCCCC[C-]=C(C(=[C-]c1ccccc1)CCCCC)c1ccccc1.[C-]1C=CC=C1.[C-]1C=CC=C1.[Ti+4]. The van der Waals surface area contributed by atoms with Crippen LogP contribution in [0.15, 0.2) is 115 Å². The Morgan fingerprint density at radius 1 is 0.649 bits per heavy atom. The summed E-state index contributed by atoms with van der Waals surface area (Å²) < 4.78 is 0. The predicted molar refractivity (Wildman–Crippen MR) is 157 cm³/mol. The van der Waals surface area contributed by atoms with Gasteiger partial charge in [-0.3, -0.25) is 11.6 Å². The predicted octanol–water partition coefficient (Wildman–Crippen LogP) is 10.2. The Morgan fingerprint density at radius 3 is 1.65 bits per heavy atom. The normalized spacial score (nSPS) is 13.0. The number of hydrogen-bond acceptors (Lipinski definition) is 0. The average Bonchev–Trinajstić information content (AvgIpc) is 3.70. The van der Waals surface area contributed by atoms with Crippen LogP contribution in [-0.4, -0.2) is 0 Å². The summed E-state index contributed by atoms with van der Waals surface area (Å²) in [4.78, 5) is 0. The van der Waals surface area contributed by atoms with Crippen molar-refractivity contribution in [3.63, 3.8) is 0 Å². The standard InChI is InChI=1S/C26H32.2C5H4.Ti/c1-3-5-7-15-21-26(24-18-13-9-14-19-24)25(20-10-6-4-2)22-23-16-11-8-12-17-23;2*1-2-4-5-3-1;/h8-9,11-14,16-19H,3-7,10,15,20H2,1-2H3;2*1-4H;/q-2;2*-1;+4. The van der Waals surface area contributed by atoms with Crippen LogP contribution in [0.2, 0.25) is 0 Å². The van der Waals surface area contributed by atoms with Crippen molar-refractivity contribution in [1.82, 2.24) is 0 Å². The van der Waals surface area contributed by atoms with Gasteiger partial charge in [0.05, 0.1) is 0 Å². The van der Waals surface area contributed by atoms with Crippen LogP contribution in [0.1, 0.15) is 76.3 Å². The molecular formula is C36H40Ti. The Morgan fingerprint density at radius 2 is 1.16 bits per heavy atom. The molecule has 0 nitrogen and oxygen atoms in total. The van der Waals surface area contributed by atoms with Crippen LogP contribution in [0.3, 0.4) is 0 Å². The van der Waals surface area contributed by atoms with Crippen molar-refractivity contribution in [2.75, 3.05) is 0 Å². The van der Waals surface area contributed by atoms with Crippen LogP contribution >= 0.6 is 0 Å². The quantitative estimate of drug-likeness (QED) is 0.120. The van der Waals surface area contributed by atoms with E-state index in [0.717, 1.165) is 18.4 Å². The number of benzene rings is 2. The summed E-state index contributed by atoms with van der Waals surface area (Å²) in [7, 11) is 0. The minimum atomic E-state index is 0. The zero-order valence-corrected chi connectivity index (χ0v) is 24.1. The van der Waals surface area contributed by atoms with Gasteiger partial charge in [-0.1, -0.05) is 89.5 Å². The molecule has 0 spiro atoms. The maximum absolute atomic E-state index is 3.74. The number of hydrogen-bond donors (Lipinski definition) is 0. The fourth-order valence-electron chi connectivity index (χ4n) is 3.63. The van der Waals surface area contributed by atoms with E-state index in [0.29, 0.717) is 0 Å². The monoisotopic (exact) mass is 520 g/mol. The molecule has 0 bridgehead atoms. The Bertz CT molecular complexity index is 945.